The Balaban J connectivity index is 1.43. The van der Waals surface area contributed by atoms with Crippen LogP contribution in [0.2, 0.25) is 0 Å². The van der Waals surface area contributed by atoms with Crippen molar-refractivity contribution in [2.24, 2.45) is 0 Å². The van der Waals surface area contributed by atoms with Crippen LogP contribution in [0.5, 0.6) is 5.75 Å². The predicted octanol–water partition coefficient (Wildman–Crippen LogP) is 4.41. The van der Waals surface area contributed by atoms with E-state index in [-0.39, 0.29) is 24.2 Å². The Bertz CT molecular complexity index is 1010. The van der Waals surface area contributed by atoms with Gasteiger partial charge in [-0.3, -0.25) is 14.6 Å². The molecular weight excluding hydrogens is 411 g/mol. The summed E-state index contributed by atoms with van der Waals surface area (Å²) in [6, 6.07) is 6.87. The van der Waals surface area contributed by atoms with E-state index in [1.807, 2.05) is 37.8 Å². The van der Waals surface area contributed by atoms with Crippen molar-refractivity contribution in [3.05, 3.63) is 59.2 Å². The Kier molecular flexibility index (Phi) is 6.29. The van der Waals surface area contributed by atoms with E-state index in [0.717, 1.165) is 17.5 Å². The molecule has 0 aliphatic carbocycles. The van der Waals surface area contributed by atoms with E-state index in [4.69, 9.17) is 9.47 Å². The van der Waals surface area contributed by atoms with Gasteiger partial charge < -0.3 is 14.4 Å². The highest BCUT2D eigenvalue weighted by molar-refractivity contribution is 5.94. The maximum Gasteiger partial charge on any atom is 0.253 e. The van der Waals surface area contributed by atoms with Gasteiger partial charge >= 0.3 is 0 Å². The van der Waals surface area contributed by atoms with Crippen molar-refractivity contribution in [2.75, 3.05) is 13.1 Å². The highest BCUT2D eigenvalue weighted by atomic mass is 19.1. The molecule has 1 aromatic carbocycles. The fourth-order valence-corrected chi connectivity index (χ4v) is 4.58. The second-order valence-corrected chi connectivity index (χ2v) is 9.08. The number of ether oxygens (including phenoxy) is 2. The van der Waals surface area contributed by atoms with Crippen LogP contribution in [0.1, 0.15) is 67.1 Å². The van der Waals surface area contributed by atoms with E-state index in [2.05, 4.69) is 4.98 Å². The van der Waals surface area contributed by atoms with E-state index in [0.29, 0.717) is 43.5 Å². The molecule has 1 unspecified atom stereocenters. The third-order valence-electron chi connectivity index (χ3n) is 6.17. The van der Waals surface area contributed by atoms with Gasteiger partial charge in [0.1, 0.15) is 17.3 Å². The van der Waals surface area contributed by atoms with Gasteiger partial charge in [-0.1, -0.05) is 0 Å². The lowest BCUT2D eigenvalue weighted by molar-refractivity contribution is -0.167. The van der Waals surface area contributed by atoms with Gasteiger partial charge in [-0.05, 0) is 63.4 Å². The first-order valence-electron chi connectivity index (χ1n) is 11.1. The maximum absolute atomic E-state index is 13.6. The highest BCUT2D eigenvalue weighted by Crippen LogP contribution is 2.41. The van der Waals surface area contributed by atoms with Crippen LogP contribution in [-0.4, -0.2) is 46.4 Å². The number of nitrogens with zero attached hydrogens (tertiary/aromatic N) is 2. The molecule has 1 amide bonds. The summed E-state index contributed by atoms with van der Waals surface area (Å²) in [5.41, 5.74) is 1.51. The van der Waals surface area contributed by atoms with Gasteiger partial charge in [-0.15, -0.1) is 0 Å². The number of halogens is 1. The van der Waals surface area contributed by atoms with Crippen molar-refractivity contribution < 1.29 is 23.5 Å². The van der Waals surface area contributed by atoms with Crippen molar-refractivity contribution in [3.8, 4) is 5.75 Å². The summed E-state index contributed by atoms with van der Waals surface area (Å²) < 4.78 is 25.7. The van der Waals surface area contributed by atoms with Gasteiger partial charge in [0.15, 0.2) is 0 Å². The zero-order chi connectivity index (χ0) is 22.9. The number of aryl methyl sites for hydroxylation is 1. The average molecular weight is 441 g/mol. The number of hydrogen-bond donors (Lipinski definition) is 0. The number of Topliss-reactive ketones (excluding diaryl/α,β-unsaturated/α-hetero) is 1. The molecule has 2 fully saturated rings. The molecule has 1 atom stereocenters. The smallest absolute Gasteiger partial charge is 0.253 e. The number of hydrogen-bond acceptors (Lipinski definition) is 5. The summed E-state index contributed by atoms with van der Waals surface area (Å²) in [5.74, 6) is 0.397. The number of aromatic nitrogens is 1. The van der Waals surface area contributed by atoms with Crippen molar-refractivity contribution in [1.29, 1.82) is 0 Å². The first-order valence-corrected chi connectivity index (χ1v) is 11.1. The van der Waals surface area contributed by atoms with Gasteiger partial charge in [-0.25, -0.2) is 4.39 Å². The Labute approximate surface area is 187 Å². The minimum atomic E-state index is -0.617. The standard InChI is InChI=1S/C25H29FN2O4/c1-16(2)31-22-5-4-18(10-17(22)3)24(30)28-8-6-25(7-9-28)13-21(29)12-23(32-25)19-11-20(26)15-27-14-19/h4-5,10-11,14-16,23H,6-9,12-13H2,1-3H3. The number of likely N-dealkylation sites (tertiary alicyclic amines) is 1. The SMILES string of the molecule is Cc1cc(C(=O)N2CCC3(CC2)CC(=O)CC(c2cncc(F)c2)O3)ccc1OC(C)C. The minimum Gasteiger partial charge on any atom is -0.491 e. The highest BCUT2D eigenvalue weighted by Gasteiger charge is 2.44. The number of carbonyl (C=O) groups excluding carboxylic acids is 2. The van der Waals surface area contributed by atoms with Crippen molar-refractivity contribution in [3.63, 3.8) is 0 Å². The molecular formula is C25H29FN2O4. The Hall–Kier alpha value is -2.80. The molecule has 2 aliphatic heterocycles. The summed E-state index contributed by atoms with van der Waals surface area (Å²) in [6.45, 7) is 6.88. The van der Waals surface area contributed by atoms with Gasteiger partial charge in [0.05, 0.1) is 24.0 Å². The zero-order valence-electron chi connectivity index (χ0n) is 18.8. The van der Waals surface area contributed by atoms with Gasteiger partial charge in [0, 0.05) is 43.3 Å². The number of benzene rings is 1. The van der Waals surface area contributed by atoms with Crippen molar-refractivity contribution >= 4 is 11.7 Å². The minimum absolute atomic E-state index is 0.0351. The van der Waals surface area contributed by atoms with Crippen molar-refractivity contribution in [2.45, 2.75) is 64.3 Å². The van der Waals surface area contributed by atoms with Gasteiger partial charge in [0.25, 0.3) is 5.91 Å². The summed E-state index contributed by atoms with van der Waals surface area (Å²) in [5, 5.41) is 0. The van der Waals surface area contributed by atoms with Crippen LogP contribution in [0.4, 0.5) is 4.39 Å². The van der Waals surface area contributed by atoms with Crippen LogP contribution in [0, 0.1) is 12.7 Å². The molecule has 0 radical (unpaired) electrons. The molecule has 7 heteroatoms. The normalized spacial score (nSPS) is 20.6. The Morgan fingerprint density at radius 3 is 2.66 bits per heavy atom. The lowest BCUT2D eigenvalue weighted by atomic mass is 9.81. The topological polar surface area (TPSA) is 68.7 Å². The molecule has 3 heterocycles. The molecule has 1 spiro atoms. The first kappa shape index (κ1) is 22.4. The second kappa shape index (κ2) is 8.98. The largest absolute Gasteiger partial charge is 0.491 e. The summed E-state index contributed by atoms with van der Waals surface area (Å²) in [4.78, 5) is 31.3. The molecule has 2 aromatic rings. The molecule has 2 aliphatic rings. The van der Waals surface area contributed by atoms with Crippen LogP contribution in [-0.2, 0) is 9.53 Å². The lowest BCUT2D eigenvalue weighted by Gasteiger charge is -2.46. The Morgan fingerprint density at radius 2 is 2.00 bits per heavy atom. The van der Waals surface area contributed by atoms with Crippen LogP contribution in [0.25, 0.3) is 0 Å². The molecule has 6 nitrogen and oxygen atoms in total. The number of ketones is 1. The average Bonchev–Trinajstić information content (AvgIpc) is 2.74. The first-order chi connectivity index (χ1) is 15.2. The van der Waals surface area contributed by atoms with Crippen LogP contribution < -0.4 is 4.74 Å². The molecule has 2 saturated heterocycles. The summed E-state index contributed by atoms with van der Waals surface area (Å²) >= 11 is 0. The second-order valence-electron chi connectivity index (χ2n) is 9.08. The molecule has 32 heavy (non-hydrogen) atoms. The quantitative estimate of drug-likeness (QED) is 0.704. The molecule has 0 N–H and O–H groups in total. The fourth-order valence-electron chi connectivity index (χ4n) is 4.58. The van der Waals surface area contributed by atoms with E-state index < -0.39 is 17.5 Å². The lowest BCUT2D eigenvalue weighted by Crippen LogP contribution is -2.51. The number of pyridine rings is 1. The Morgan fingerprint density at radius 1 is 1.25 bits per heavy atom. The number of carbonyl (C=O) groups is 2. The molecule has 1 aromatic heterocycles. The summed E-state index contributed by atoms with van der Waals surface area (Å²) in [7, 11) is 0. The fraction of sp³-hybridized carbons (Fsp3) is 0.480. The molecule has 0 bridgehead atoms. The van der Waals surface area contributed by atoms with Crippen LogP contribution >= 0.6 is 0 Å². The van der Waals surface area contributed by atoms with Crippen molar-refractivity contribution in [1.82, 2.24) is 9.88 Å². The third kappa shape index (κ3) is 4.83. The van der Waals surface area contributed by atoms with Gasteiger partial charge in [0.2, 0.25) is 0 Å². The third-order valence-corrected chi connectivity index (χ3v) is 6.17. The van der Waals surface area contributed by atoms with Crippen LogP contribution in [0.3, 0.4) is 0 Å². The maximum atomic E-state index is 13.6. The predicted molar refractivity (Wildman–Crippen MR) is 117 cm³/mol. The number of rotatable bonds is 4. The van der Waals surface area contributed by atoms with E-state index in [1.165, 1.54) is 6.07 Å². The van der Waals surface area contributed by atoms with E-state index in [9.17, 15) is 14.0 Å². The van der Waals surface area contributed by atoms with E-state index in [1.54, 1.807) is 12.3 Å². The zero-order valence-corrected chi connectivity index (χ0v) is 18.8. The number of amides is 1. The van der Waals surface area contributed by atoms with E-state index >= 15 is 0 Å². The monoisotopic (exact) mass is 440 g/mol. The molecule has 4 rings (SSSR count). The van der Waals surface area contributed by atoms with Crippen LogP contribution in [0.15, 0.2) is 36.7 Å². The molecule has 170 valence electrons. The molecule has 0 saturated carbocycles. The summed E-state index contributed by atoms with van der Waals surface area (Å²) in [6.07, 6.45) is 3.93. The number of piperidine rings is 1. The van der Waals surface area contributed by atoms with Gasteiger partial charge in [-0.2, -0.15) is 0 Å².